The van der Waals surface area contributed by atoms with Gasteiger partial charge in [-0.1, -0.05) is 0 Å². The monoisotopic (exact) mass is 264 g/mol. The molecule has 6 nitrogen and oxygen atoms in total. The molecular formula is C13H20N4O2. The summed E-state index contributed by atoms with van der Waals surface area (Å²) in [5.74, 6) is 1.58. The Labute approximate surface area is 113 Å². The van der Waals surface area contributed by atoms with Crippen molar-refractivity contribution in [3.63, 3.8) is 0 Å². The molecule has 1 atom stereocenters. The van der Waals surface area contributed by atoms with Crippen molar-refractivity contribution in [2.75, 3.05) is 44.3 Å². The molecule has 0 aliphatic carbocycles. The summed E-state index contributed by atoms with van der Waals surface area (Å²) in [6, 6.07) is 1.92. The highest BCUT2D eigenvalue weighted by Gasteiger charge is 2.17. The molecule has 0 saturated carbocycles. The van der Waals surface area contributed by atoms with Gasteiger partial charge in [-0.25, -0.2) is 9.97 Å². The van der Waals surface area contributed by atoms with E-state index >= 15 is 0 Å². The predicted octanol–water partition coefficient (Wildman–Crippen LogP) is 0.444. The quantitative estimate of drug-likeness (QED) is 0.852. The number of nitrogens with zero attached hydrogens (tertiary/aromatic N) is 3. The number of hydrogen-bond donors (Lipinski definition) is 1. The Kier molecular flexibility index (Phi) is 4.10. The molecule has 19 heavy (non-hydrogen) atoms. The van der Waals surface area contributed by atoms with E-state index in [1.165, 1.54) is 0 Å². The fourth-order valence-corrected chi connectivity index (χ4v) is 2.43. The van der Waals surface area contributed by atoms with Crippen LogP contribution in [0.2, 0.25) is 0 Å². The molecule has 1 unspecified atom stereocenters. The zero-order valence-corrected chi connectivity index (χ0v) is 11.0. The lowest BCUT2D eigenvalue weighted by molar-refractivity contribution is 0.0663. The van der Waals surface area contributed by atoms with Gasteiger partial charge in [-0.05, 0) is 12.8 Å². The molecule has 0 spiro atoms. The van der Waals surface area contributed by atoms with E-state index < -0.39 is 0 Å². The van der Waals surface area contributed by atoms with Crippen molar-refractivity contribution in [1.29, 1.82) is 0 Å². The fraction of sp³-hybridized carbons (Fsp3) is 0.692. The molecule has 3 heterocycles. The van der Waals surface area contributed by atoms with Crippen molar-refractivity contribution in [2.45, 2.75) is 18.9 Å². The van der Waals surface area contributed by atoms with Crippen LogP contribution in [-0.2, 0) is 4.74 Å². The summed E-state index contributed by atoms with van der Waals surface area (Å²) in [4.78, 5) is 10.7. The topological polar surface area (TPSA) is 59.5 Å². The Bertz CT molecular complexity index is 403. The van der Waals surface area contributed by atoms with Crippen LogP contribution in [0.4, 0.5) is 5.82 Å². The van der Waals surface area contributed by atoms with Crippen LogP contribution in [0.5, 0.6) is 5.88 Å². The van der Waals surface area contributed by atoms with E-state index in [0.717, 1.165) is 51.4 Å². The van der Waals surface area contributed by atoms with Crippen LogP contribution >= 0.6 is 0 Å². The van der Waals surface area contributed by atoms with E-state index in [0.29, 0.717) is 12.5 Å². The summed E-state index contributed by atoms with van der Waals surface area (Å²) in [6.45, 7) is 5.37. The molecule has 2 saturated heterocycles. The molecule has 1 aromatic rings. The zero-order valence-electron chi connectivity index (χ0n) is 11.0. The number of nitrogens with one attached hydrogen (secondary N) is 1. The minimum atomic E-state index is 0.220. The van der Waals surface area contributed by atoms with Gasteiger partial charge in [0.15, 0.2) is 0 Å². The highest BCUT2D eigenvalue weighted by Crippen LogP contribution is 2.18. The van der Waals surface area contributed by atoms with Crippen LogP contribution in [0, 0.1) is 0 Å². The summed E-state index contributed by atoms with van der Waals surface area (Å²) < 4.78 is 11.2. The van der Waals surface area contributed by atoms with Crippen LogP contribution in [-0.4, -0.2) is 55.5 Å². The predicted molar refractivity (Wildman–Crippen MR) is 71.6 cm³/mol. The average molecular weight is 264 g/mol. The number of ether oxygens (including phenoxy) is 2. The van der Waals surface area contributed by atoms with Gasteiger partial charge in [0.25, 0.3) is 0 Å². The standard InChI is InChI=1S/C13H20N4O2/c1-2-11(18-7-1)9-19-13-8-12(15-10-16-13)17-5-3-14-4-6-17/h8,10-11,14H,1-7,9H2. The molecule has 2 aliphatic heterocycles. The molecule has 1 aromatic heterocycles. The van der Waals surface area contributed by atoms with Gasteiger partial charge in [-0.3, -0.25) is 0 Å². The van der Waals surface area contributed by atoms with Gasteiger partial charge in [0.1, 0.15) is 18.8 Å². The normalized spacial score (nSPS) is 23.6. The lowest BCUT2D eigenvalue weighted by atomic mass is 10.2. The third-order valence-corrected chi connectivity index (χ3v) is 3.51. The average Bonchev–Trinajstić information content (AvgIpc) is 3.00. The zero-order chi connectivity index (χ0) is 12.9. The van der Waals surface area contributed by atoms with Gasteiger partial charge in [-0.2, -0.15) is 0 Å². The molecule has 0 bridgehead atoms. The van der Waals surface area contributed by atoms with E-state index in [-0.39, 0.29) is 6.10 Å². The van der Waals surface area contributed by atoms with E-state index in [2.05, 4.69) is 20.2 Å². The summed E-state index contributed by atoms with van der Waals surface area (Å²) in [5, 5.41) is 3.33. The Morgan fingerprint density at radius 1 is 1.37 bits per heavy atom. The number of anilines is 1. The maximum absolute atomic E-state index is 5.70. The number of hydrogen-bond acceptors (Lipinski definition) is 6. The van der Waals surface area contributed by atoms with Gasteiger partial charge >= 0.3 is 0 Å². The van der Waals surface area contributed by atoms with Crippen molar-refractivity contribution in [2.24, 2.45) is 0 Å². The molecule has 2 aliphatic rings. The summed E-state index contributed by atoms with van der Waals surface area (Å²) >= 11 is 0. The Hall–Kier alpha value is -1.40. The van der Waals surface area contributed by atoms with Crippen molar-refractivity contribution in [3.05, 3.63) is 12.4 Å². The molecule has 104 valence electrons. The number of aromatic nitrogens is 2. The molecule has 0 aromatic carbocycles. The van der Waals surface area contributed by atoms with Gasteiger partial charge in [-0.15, -0.1) is 0 Å². The van der Waals surface area contributed by atoms with E-state index in [9.17, 15) is 0 Å². The van der Waals surface area contributed by atoms with Crippen LogP contribution < -0.4 is 15.0 Å². The molecule has 6 heteroatoms. The van der Waals surface area contributed by atoms with Crippen LogP contribution in [0.25, 0.3) is 0 Å². The third-order valence-electron chi connectivity index (χ3n) is 3.51. The van der Waals surface area contributed by atoms with Crippen molar-refractivity contribution in [3.8, 4) is 5.88 Å². The van der Waals surface area contributed by atoms with Crippen LogP contribution in [0.1, 0.15) is 12.8 Å². The van der Waals surface area contributed by atoms with Crippen LogP contribution in [0.15, 0.2) is 12.4 Å². The summed E-state index contributed by atoms with van der Waals surface area (Å²) in [7, 11) is 0. The van der Waals surface area contributed by atoms with Crippen molar-refractivity contribution in [1.82, 2.24) is 15.3 Å². The first-order valence-corrected chi connectivity index (χ1v) is 6.94. The highest BCUT2D eigenvalue weighted by molar-refractivity contribution is 5.41. The molecule has 0 amide bonds. The minimum Gasteiger partial charge on any atom is -0.475 e. The molecule has 0 radical (unpaired) electrons. The minimum absolute atomic E-state index is 0.220. The Balaban J connectivity index is 1.58. The first-order chi connectivity index (χ1) is 9.42. The third kappa shape index (κ3) is 3.33. The van der Waals surface area contributed by atoms with E-state index in [1.54, 1.807) is 6.33 Å². The lowest BCUT2D eigenvalue weighted by Gasteiger charge is -2.28. The Morgan fingerprint density at radius 2 is 2.26 bits per heavy atom. The molecule has 1 N–H and O–H groups in total. The second-order valence-electron chi connectivity index (χ2n) is 4.90. The first kappa shape index (κ1) is 12.6. The van der Waals surface area contributed by atoms with Gasteiger partial charge < -0.3 is 19.7 Å². The molecular weight excluding hydrogens is 244 g/mol. The first-order valence-electron chi connectivity index (χ1n) is 6.94. The summed E-state index contributed by atoms with van der Waals surface area (Å²) in [5.41, 5.74) is 0. The van der Waals surface area contributed by atoms with Crippen LogP contribution in [0.3, 0.4) is 0 Å². The molecule has 2 fully saturated rings. The van der Waals surface area contributed by atoms with E-state index in [4.69, 9.17) is 9.47 Å². The van der Waals surface area contributed by atoms with Crippen molar-refractivity contribution >= 4 is 5.82 Å². The van der Waals surface area contributed by atoms with Crippen molar-refractivity contribution < 1.29 is 9.47 Å². The smallest absolute Gasteiger partial charge is 0.218 e. The maximum atomic E-state index is 5.70. The lowest BCUT2D eigenvalue weighted by Crippen LogP contribution is -2.43. The highest BCUT2D eigenvalue weighted by atomic mass is 16.5. The molecule has 3 rings (SSSR count). The second-order valence-corrected chi connectivity index (χ2v) is 4.90. The number of rotatable bonds is 4. The van der Waals surface area contributed by atoms with Gasteiger partial charge in [0, 0.05) is 38.9 Å². The second kappa shape index (κ2) is 6.16. The largest absolute Gasteiger partial charge is 0.475 e. The van der Waals surface area contributed by atoms with E-state index in [1.807, 2.05) is 6.07 Å². The maximum Gasteiger partial charge on any atom is 0.218 e. The SMILES string of the molecule is c1nc(OCC2CCCO2)cc(N2CCNCC2)n1. The van der Waals surface area contributed by atoms with Gasteiger partial charge in [0.05, 0.1) is 6.10 Å². The van der Waals surface area contributed by atoms with Gasteiger partial charge in [0.2, 0.25) is 5.88 Å². The fourth-order valence-electron chi connectivity index (χ4n) is 2.43. The Morgan fingerprint density at radius 3 is 3.05 bits per heavy atom. The summed E-state index contributed by atoms with van der Waals surface area (Å²) in [6.07, 6.45) is 4.00. The number of piperazine rings is 1.